The molecular formula is C9H6Br2O2S. The van der Waals surface area contributed by atoms with Crippen LogP contribution in [0.3, 0.4) is 0 Å². The number of rotatable bonds is 2. The molecule has 0 unspecified atom stereocenters. The van der Waals surface area contributed by atoms with Crippen LogP contribution in [0.2, 0.25) is 0 Å². The molecule has 0 aromatic heterocycles. The van der Waals surface area contributed by atoms with Crippen molar-refractivity contribution in [3.8, 4) is 5.75 Å². The molecule has 0 aliphatic heterocycles. The molecule has 0 heterocycles. The highest BCUT2D eigenvalue weighted by atomic mass is 79.9. The van der Waals surface area contributed by atoms with Crippen molar-refractivity contribution in [3.63, 3.8) is 0 Å². The lowest BCUT2D eigenvalue weighted by atomic mass is 10.3. The molecule has 0 N–H and O–H groups in total. The number of halogens is 2. The molecular weight excluding hydrogens is 332 g/mol. The summed E-state index contributed by atoms with van der Waals surface area (Å²) in [6.07, 6.45) is 1.10. The molecule has 1 rings (SSSR count). The summed E-state index contributed by atoms with van der Waals surface area (Å²) in [6, 6.07) is 3.47. The lowest BCUT2D eigenvalue weighted by molar-refractivity contribution is -0.129. The van der Waals surface area contributed by atoms with Gasteiger partial charge < -0.3 is 4.74 Å². The SMILES string of the molecule is C=CC(=O)Oc1c(Br)cc(S)cc1Br. The minimum atomic E-state index is -0.502. The lowest BCUT2D eigenvalue weighted by Crippen LogP contribution is -2.04. The smallest absolute Gasteiger partial charge is 0.335 e. The molecule has 1 aromatic carbocycles. The lowest BCUT2D eigenvalue weighted by Gasteiger charge is -2.07. The van der Waals surface area contributed by atoms with Gasteiger partial charge in [0.1, 0.15) is 0 Å². The summed E-state index contributed by atoms with van der Waals surface area (Å²) in [5, 5.41) is 0. The van der Waals surface area contributed by atoms with Crippen LogP contribution in [-0.2, 0) is 4.79 Å². The van der Waals surface area contributed by atoms with E-state index in [1.807, 2.05) is 0 Å². The zero-order chi connectivity index (χ0) is 10.7. The normalized spacial score (nSPS) is 9.64. The first-order valence-corrected chi connectivity index (χ1v) is 5.60. The average molecular weight is 338 g/mol. The average Bonchev–Trinajstić information content (AvgIpc) is 2.10. The van der Waals surface area contributed by atoms with E-state index in [2.05, 4.69) is 51.1 Å². The highest BCUT2D eigenvalue weighted by Gasteiger charge is 2.10. The van der Waals surface area contributed by atoms with Gasteiger partial charge in [0, 0.05) is 11.0 Å². The van der Waals surface area contributed by atoms with Gasteiger partial charge in [-0.25, -0.2) is 4.79 Å². The second-order valence-electron chi connectivity index (χ2n) is 2.36. The van der Waals surface area contributed by atoms with Crippen LogP contribution in [-0.4, -0.2) is 5.97 Å². The molecule has 2 nitrogen and oxygen atoms in total. The Labute approximate surface area is 104 Å². The van der Waals surface area contributed by atoms with E-state index >= 15 is 0 Å². The predicted molar refractivity (Wildman–Crippen MR) is 64.9 cm³/mol. The highest BCUT2D eigenvalue weighted by Crippen LogP contribution is 2.35. The molecule has 0 radical (unpaired) electrons. The molecule has 0 atom stereocenters. The molecule has 14 heavy (non-hydrogen) atoms. The van der Waals surface area contributed by atoms with Crippen molar-refractivity contribution in [2.45, 2.75) is 4.90 Å². The number of hydrogen-bond donors (Lipinski definition) is 1. The summed E-state index contributed by atoms with van der Waals surface area (Å²) in [5.41, 5.74) is 0. The number of hydrogen-bond acceptors (Lipinski definition) is 3. The predicted octanol–water partition coefficient (Wildman–Crippen LogP) is 3.59. The van der Waals surface area contributed by atoms with Crippen LogP contribution in [0.4, 0.5) is 0 Å². The van der Waals surface area contributed by atoms with Gasteiger partial charge >= 0.3 is 5.97 Å². The molecule has 5 heteroatoms. The van der Waals surface area contributed by atoms with Crippen molar-refractivity contribution < 1.29 is 9.53 Å². The molecule has 0 aliphatic rings. The van der Waals surface area contributed by atoms with Gasteiger partial charge in [-0.2, -0.15) is 0 Å². The Bertz CT molecular complexity index is 367. The third kappa shape index (κ3) is 2.87. The van der Waals surface area contributed by atoms with E-state index in [0.717, 1.165) is 11.0 Å². The van der Waals surface area contributed by atoms with Gasteiger partial charge in [-0.3, -0.25) is 0 Å². The maximum Gasteiger partial charge on any atom is 0.335 e. The fraction of sp³-hybridized carbons (Fsp3) is 0. The first-order valence-electron chi connectivity index (χ1n) is 3.57. The fourth-order valence-corrected chi connectivity index (χ4v) is 2.75. The van der Waals surface area contributed by atoms with Crippen LogP contribution in [0, 0.1) is 0 Å². The molecule has 0 amide bonds. The number of carbonyl (C=O) groups excluding carboxylic acids is 1. The van der Waals surface area contributed by atoms with Crippen LogP contribution in [0.5, 0.6) is 5.75 Å². The third-order valence-electron chi connectivity index (χ3n) is 1.35. The van der Waals surface area contributed by atoms with Crippen LogP contribution in [0.25, 0.3) is 0 Å². The second kappa shape index (κ2) is 5.00. The van der Waals surface area contributed by atoms with Crippen LogP contribution in [0.1, 0.15) is 0 Å². The molecule has 0 bridgehead atoms. The summed E-state index contributed by atoms with van der Waals surface area (Å²) in [4.78, 5) is 11.7. The molecule has 0 spiro atoms. The summed E-state index contributed by atoms with van der Waals surface area (Å²) in [6.45, 7) is 3.31. The molecule has 74 valence electrons. The van der Waals surface area contributed by atoms with Gasteiger partial charge in [-0.1, -0.05) is 6.58 Å². The largest absolute Gasteiger partial charge is 0.421 e. The number of esters is 1. The number of benzene rings is 1. The van der Waals surface area contributed by atoms with Crippen LogP contribution >= 0.6 is 44.5 Å². The Morgan fingerprint density at radius 3 is 2.36 bits per heavy atom. The van der Waals surface area contributed by atoms with E-state index in [0.29, 0.717) is 14.7 Å². The highest BCUT2D eigenvalue weighted by molar-refractivity contribution is 9.11. The van der Waals surface area contributed by atoms with Crippen LogP contribution in [0.15, 0.2) is 38.6 Å². The summed E-state index contributed by atoms with van der Waals surface area (Å²) >= 11 is 10.7. The summed E-state index contributed by atoms with van der Waals surface area (Å²) in [5.74, 6) is -0.0778. The van der Waals surface area contributed by atoms with Crippen molar-refractivity contribution in [1.82, 2.24) is 0 Å². The first kappa shape index (κ1) is 11.8. The van der Waals surface area contributed by atoms with Crippen molar-refractivity contribution in [2.75, 3.05) is 0 Å². The Hall–Kier alpha value is -0.260. The van der Waals surface area contributed by atoms with Gasteiger partial charge in [0.05, 0.1) is 8.95 Å². The fourth-order valence-electron chi connectivity index (χ4n) is 0.786. The maximum atomic E-state index is 11.0. The first-order chi connectivity index (χ1) is 6.54. The Kier molecular flexibility index (Phi) is 4.22. The molecule has 0 saturated heterocycles. The third-order valence-corrected chi connectivity index (χ3v) is 2.79. The van der Waals surface area contributed by atoms with E-state index in [1.54, 1.807) is 12.1 Å². The minimum absolute atomic E-state index is 0.424. The van der Waals surface area contributed by atoms with E-state index < -0.39 is 5.97 Å². The van der Waals surface area contributed by atoms with E-state index in [-0.39, 0.29) is 0 Å². The zero-order valence-corrected chi connectivity index (χ0v) is 11.0. The Balaban J connectivity index is 3.08. The topological polar surface area (TPSA) is 26.3 Å². The summed E-state index contributed by atoms with van der Waals surface area (Å²) < 4.78 is 6.31. The molecule has 0 aliphatic carbocycles. The van der Waals surface area contributed by atoms with Gasteiger partial charge in [-0.05, 0) is 44.0 Å². The Morgan fingerprint density at radius 2 is 1.93 bits per heavy atom. The monoisotopic (exact) mass is 336 g/mol. The summed E-state index contributed by atoms with van der Waals surface area (Å²) in [7, 11) is 0. The molecule has 0 saturated carbocycles. The van der Waals surface area contributed by atoms with Crippen molar-refractivity contribution in [2.24, 2.45) is 0 Å². The van der Waals surface area contributed by atoms with Gasteiger partial charge in [0.25, 0.3) is 0 Å². The Morgan fingerprint density at radius 1 is 1.43 bits per heavy atom. The standard InChI is InChI=1S/C9H6Br2O2S/c1-2-8(12)13-9-6(10)3-5(14)4-7(9)11/h2-4,14H,1H2. The van der Waals surface area contributed by atoms with E-state index in [4.69, 9.17) is 4.74 Å². The van der Waals surface area contributed by atoms with Crippen molar-refractivity contribution >= 4 is 50.5 Å². The van der Waals surface area contributed by atoms with Gasteiger partial charge in [0.2, 0.25) is 0 Å². The number of thiol groups is 1. The minimum Gasteiger partial charge on any atom is -0.421 e. The molecule has 0 fully saturated rings. The number of carbonyl (C=O) groups is 1. The van der Waals surface area contributed by atoms with Crippen molar-refractivity contribution in [3.05, 3.63) is 33.7 Å². The molecule has 1 aromatic rings. The van der Waals surface area contributed by atoms with E-state index in [1.165, 1.54) is 0 Å². The zero-order valence-electron chi connectivity index (χ0n) is 6.96. The van der Waals surface area contributed by atoms with Crippen LogP contribution < -0.4 is 4.74 Å². The van der Waals surface area contributed by atoms with E-state index in [9.17, 15) is 4.79 Å². The van der Waals surface area contributed by atoms with Gasteiger partial charge in [-0.15, -0.1) is 12.6 Å². The van der Waals surface area contributed by atoms with Crippen molar-refractivity contribution in [1.29, 1.82) is 0 Å². The second-order valence-corrected chi connectivity index (χ2v) is 4.59. The van der Waals surface area contributed by atoms with Gasteiger partial charge in [0.15, 0.2) is 5.75 Å². The maximum absolute atomic E-state index is 11.0. The quantitative estimate of drug-likeness (QED) is 0.386. The number of ether oxygens (including phenoxy) is 1.